The summed E-state index contributed by atoms with van der Waals surface area (Å²) in [7, 11) is 1.63. The van der Waals surface area contributed by atoms with E-state index in [9.17, 15) is 24.3 Å². The molecule has 0 aliphatic carbocycles. The van der Waals surface area contributed by atoms with Crippen molar-refractivity contribution >= 4 is 28.9 Å². The predicted octanol–water partition coefficient (Wildman–Crippen LogP) is 2.11. The number of imidazole rings is 1. The summed E-state index contributed by atoms with van der Waals surface area (Å²) in [5.74, 6) is -0.358. The Morgan fingerprint density at radius 1 is 1.18 bits per heavy atom. The summed E-state index contributed by atoms with van der Waals surface area (Å²) in [4.78, 5) is 50.1. The first-order valence-corrected chi connectivity index (χ1v) is 11.2. The van der Waals surface area contributed by atoms with Gasteiger partial charge in [-0.15, -0.1) is 0 Å². The number of nitrogens with one attached hydrogen (secondary N) is 1. The summed E-state index contributed by atoms with van der Waals surface area (Å²) in [6, 6.07) is 4.56. The molecule has 3 atom stereocenters. The molecule has 0 spiro atoms. The molecule has 2 aliphatic heterocycles. The lowest BCUT2D eigenvalue weighted by molar-refractivity contribution is -0.135. The highest BCUT2D eigenvalue weighted by Gasteiger charge is 2.40. The largest absolute Gasteiger partial charge is 0.488 e. The fraction of sp³-hybridized carbons (Fsp3) is 0.565. The normalized spacial score (nSPS) is 24.1. The number of para-hydroxylation sites is 1. The van der Waals surface area contributed by atoms with E-state index in [4.69, 9.17) is 4.74 Å². The number of ether oxygens (including phenoxy) is 1. The van der Waals surface area contributed by atoms with Gasteiger partial charge >= 0.3 is 11.8 Å². The molecule has 10 nitrogen and oxygen atoms in total. The number of rotatable bonds is 3. The highest BCUT2D eigenvalue weighted by atomic mass is 16.5. The van der Waals surface area contributed by atoms with Crippen LogP contribution in [0.3, 0.4) is 0 Å². The van der Waals surface area contributed by atoms with Gasteiger partial charge in [0.15, 0.2) is 0 Å². The topological polar surface area (TPSA) is 123 Å². The molecule has 4 rings (SSSR count). The number of imide groups is 1. The van der Waals surface area contributed by atoms with Crippen LogP contribution in [0, 0.1) is 11.3 Å². The molecule has 0 radical (unpaired) electrons. The number of carbonyl (C=O) groups is 3. The maximum Gasteiger partial charge on any atom is 0.407 e. The SMILES string of the molecule is Cn1c(=O)n(C2CCC(=O)NC2=O)c2cccc(OC3CCN(C(=O)O)CC3C(C)(C)C)c21. The summed E-state index contributed by atoms with van der Waals surface area (Å²) in [5.41, 5.74) is 0.575. The third kappa shape index (κ3) is 4.09. The Balaban J connectivity index is 1.72. The quantitative estimate of drug-likeness (QED) is 0.679. The number of likely N-dealkylation sites (tertiary alicyclic amines) is 1. The van der Waals surface area contributed by atoms with Gasteiger partial charge in [0.1, 0.15) is 23.4 Å². The number of aryl methyl sites for hydroxylation is 1. The molecule has 1 aromatic carbocycles. The number of carboxylic acid groups (broad SMARTS) is 1. The van der Waals surface area contributed by atoms with Crippen LogP contribution >= 0.6 is 0 Å². The van der Waals surface area contributed by atoms with E-state index in [0.29, 0.717) is 36.3 Å². The van der Waals surface area contributed by atoms with E-state index in [1.54, 1.807) is 25.2 Å². The van der Waals surface area contributed by atoms with E-state index in [0.717, 1.165) is 0 Å². The first-order chi connectivity index (χ1) is 15.5. The van der Waals surface area contributed by atoms with Crippen molar-refractivity contribution in [3.05, 3.63) is 28.7 Å². The average molecular weight is 459 g/mol. The van der Waals surface area contributed by atoms with Crippen LogP contribution in [0.1, 0.15) is 46.1 Å². The predicted molar refractivity (Wildman–Crippen MR) is 120 cm³/mol. The van der Waals surface area contributed by atoms with E-state index in [-0.39, 0.29) is 41.9 Å². The molecule has 0 bridgehead atoms. The molecule has 2 fully saturated rings. The van der Waals surface area contributed by atoms with Crippen LogP contribution in [-0.4, -0.2) is 56.2 Å². The molecule has 33 heavy (non-hydrogen) atoms. The third-order valence-electron chi connectivity index (χ3n) is 6.80. The van der Waals surface area contributed by atoms with Gasteiger partial charge < -0.3 is 14.7 Å². The van der Waals surface area contributed by atoms with Crippen molar-refractivity contribution in [1.82, 2.24) is 19.4 Å². The highest BCUT2D eigenvalue weighted by Crippen LogP contribution is 2.37. The first-order valence-electron chi connectivity index (χ1n) is 11.2. The number of amides is 3. The van der Waals surface area contributed by atoms with E-state index < -0.39 is 18.0 Å². The number of aromatic nitrogens is 2. The second kappa shape index (κ2) is 8.24. The summed E-state index contributed by atoms with van der Waals surface area (Å²) < 4.78 is 9.36. The number of hydrogen-bond donors (Lipinski definition) is 2. The van der Waals surface area contributed by atoms with Crippen LogP contribution in [0.15, 0.2) is 23.0 Å². The van der Waals surface area contributed by atoms with E-state index in [1.165, 1.54) is 14.0 Å². The fourth-order valence-corrected chi connectivity index (χ4v) is 4.97. The van der Waals surface area contributed by atoms with Gasteiger partial charge in [0, 0.05) is 38.9 Å². The molecular weight excluding hydrogens is 428 g/mol. The van der Waals surface area contributed by atoms with Gasteiger partial charge in [-0.1, -0.05) is 26.8 Å². The van der Waals surface area contributed by atoms with Gasteiger partial charge in [0.25, 0.3) is 0 Å². The van der Waals surface area contributed by atoms with Crippen LogP contribution in [0.25, 0.3) is 11.0 Å². The van der Waals surface area contributed by atoms with Crippen molar-refractivity contribution in [2.45, 2.75) is 52.2 Å². The molecule has 2 aromatic rings. The number of nitrogens with zero attached hydrogens (tertiary/aromatic N) is 3. The Hall–Kier alpha value is -3.30. The van der Waals surface area contributed by atoms with Gasteiger partial charge in [-0.25, -0.2) is 9.59 Å². The molecule has 2 N–H and O–H groups in total. The molecule has 178 valence electrons. The minimum Gasteiger partial charge on any atom is -0.488 e. The second-order valence-electron chi connectivity index (χ2n) is 9.95. The minimum absolute atomic E-state index is 0.0492. The number of piperidine rings is 2. The zero-order chi connectivity index (χ0) is 24.1. The minimum atomic E-state index is -0.937. The van der Waals surface area contributed by atoms with Crippen molar-refractivity contribution < 1.29 is 24.2 Å². The van der Waals surface area contributed by atoms with Crippen molar-refractivity contribution in [2.24, 2.45) is 18.4 Å². The number of fused-ring (bicyclic) bond motifs is 1. The zero-order valence-electron chi connectivity index (χ0n) is 19.3. The summed E-state index contributed by atoms with van der Waals surface area (Å²) in [5, 5.41) is 11.8. The number of benzene rings is 1. The Morgan fingerprint density at radius 2 is 1.91 bits per heavy atom. The Labute approximate surface area is 191 Å². The maximum absolute atomic E-state index is 13.1. The van der Waals surface area contributed by atoms with E-state index >= 15 is 0 Å². The number of hydrogen-bond acceptors (Lipinski definition) is 5. The van der Waals surface area contributed by atoms with Crippen molar-refractivity contribution in [1.29, 1.82) is 0 Å². The molecule has 2 saturated heterocycles. The molecule has 3 unspecified atom stereocenters. The van der Waals surface area contributed by atoms with E-state index in [1.807, 2.05) is 0 Å². The Morgan fingerprint density at radius 3 is 2.55 bits per heavy atom. The highest BCUT2D eigenvalue weighted by molar-refractivity contribution is 6.00. The van der Waals surface area contributed by atoms with Gasteiger partial charge in [-0.3, -0.25) is 24.0 Å². The molecule has 10 heteroatoms. The maximum atomic E-state index is 13.1. The van der Waals surface area contributed by atoms with Gasteiger partial charge in [-0.05, 0) is 24.0 Å². The van der Waals surface area contributed by atoms with Crippen LogP contribution in [0.5, 0.6) is 5.75 Å². The fourth-order valence-electron chi connectivity index (χ4n) is 4.97. The average Bonchev–Trinajstić information content (AvgIpc) is 2.99. The number of carbonyl (C=O) groups excluding carboxylic acids is 2. The second-order valence-corrected chi connectivity index (χ2v) is 9.95. The van der Waals surface area contributed by atoms with Crippen molar-refractivity contribution in [3.8, 4) is 5.75 Å². The van der Waals surface area contributed by atoms with Gasteiger partial charge in [0.05, 0.1) is 5.52 Å². The lowest BCUT2D eigenvalue weighted by atomic mass is 9.74. The van der Waals surface area contributed by atoms with Gasteiger partial charge in [0.2, 0.25) is 11.8 Å². The van der Waals surface area contributed by atoms with Crippen LogP contribution < -0.4 is 15.7 Å². The van der Waals surface area contributed by atoms with Crippen LogP contribution in [-0.2, 0) is 16.6 Å². The Bertz CT molecular complexity index is 1170. The molecule has 0 saturated carbocycles. The van der Waals surface area contributed by atoms with Crippen LogP contribution in [0.4, 0.5) is 4.79 Å². The standard InChI is InChI=1S/C23H30N4O6/c1-23(2,3)13-12-26(22(31)32)11-10-16(13)33-17-7-5-6-14-19(17)25(4)21(30)27(14)15-8-9-18(28)24-20(15)29/h5-7,13,15-16H,8-12H2,1-4H3,(H,31,32)(H,24,28,29). The van der Waals surface area contributed by atoms with E-state index in [2.05, 4.69) is 26.1 Å². The summed E-state index contributed by atoms with van der Waals surface area (Å²) >= 11 is 0. The molecular formula is C23H30N4O6. The van der Waals surface area contributed by atoms with Crippen LogP contribution in [0.2, 0.25) is 0 Å². The van der Waals surface area contributed by atoms with Crippen molar-refractivity contribution in [3.63, 3.8) is 0 Å². The smallest absolute Gasteiger partial charge is 0.407 e. The molecule has 1 aromatic heterocycles. The molecule has 3 heterocycles. The lowest BCUT2D eigenvalue weighted by Crippen LogP contribution is -2.51. The lowest BCUT2D eigenvalue weighted by Gasteiger charge is -2.43. The zero-order valence-corrected chi connectivity index (χ0v) is 19.3. The summed E-state index contributed by atoms with van der Waals surface area (Å²) in [6.07, 6.45) is -0.208. The van der Waals surface area contributed by atoms with Gasteiger partial charge in [-0.2, -0.15) is 0 Å². The molecule has 2 aliphatic rings. The molecule has 3 amide bonds. The monoisotopic (exact) mass is 458 g/mol. The Kier molecular flexibility index (Phi) is 5.71. The summed E-state index contributed by atoms with van der Waals surface area (Å²) in [6.45, 7) is 6.94. The van der Waals surface area contributed by atoms with Crippen molar-refractivity contribution in [2.75, 3.05) is 13.1 Å². The first kappa shape index (κ1) is 22.9. The third-order valence-corrected chi connectivity index (χ3v) is 6.80.